The van der Waals surface area contributed by atoms with Crippen molar-refractivity contribution < 1.29 is 4.79 Å². The molecule has 0 aliphatic carbocycles. The van der Waals surface area contributed by atoms with Crippen LogP contribution in [-0.4, -0.2) is 17.4 Å². The molecule has 0 aliphatic heterocycles. The highest BCUT2D eigenvalue weighted by molar-refractivity contribution is 7.12. The topological polar surface area (TPSA) is 42.0 Å². The van der Waals surface area contributed by atoms with Gasteiger partial charge < -0.3 is 5.32 Å². The third-order valence-electron chi connectivity index (χ3n) is 2.82. The number of carbonyl (C=O) groups is 1. The highest BCUT2D eigenvalue weighted by Crippen LogP contribution is 2.28. The Bertz CT molecular complexity index is 572. The highest BCUT2D eigenvalue weighted by Gasteiger charge is 2.14. The van der Waals surface area contributed by atoms with Gasteiger partial charge in [-0.25, -0.2) is 4.98 Å². The average Bonchev–Trinajstić information content (AvgIpc) is 2.71. The smallest absolute Gasteiger partial charge is 0.225 e. The number of nitrogens with zero attached hydrogens (tertiary/aromatic N) is 1. The van der Waals surface area contributed by atoms with Gasteiger partial charge in [0.05, 0.1) is 17.1 Å². The lowest BCUT2D eigenvalue weighted by atomic mass is 10.1. The van der Waals surface area contributed by atoms with Crippen molar-refractivity contribution in [2.75, 3.05) is 6.54 Å². The molecule has 0 bridgehead atoms. The number of carbonyl (C=O) groups excluding carboxylic acids is 1. The van der Waals surface area contributed by atoms with E-state index in [1.165, 1.54) is 5.56 Å². The van der Waals surface area contributed by atoms with E-state index in [-0.39, 0.29) is 5.91 Å². The molecular weight excluding hydrogens is 256 g/mol. The van der Waals surface area contributed by atoms with E-state index in [4.69, 9.17) is 0 Å². The summed E-state index contributed by atoms with van der Waals surface area (Å²) < 4.78 is 0. The number of nitrogens with one attached hydrogen (secondary N) is 1. The molecule has 0 spiro atoms. The number of thiazole rings is 1. The van der Waals surface area contributed by atoms with Crippen LogP contribution in [0.5, 0.6) is 0 Å². The molecule has 0 saturated heterocycles. The molecule has 2 aromatic rings. The lowest BCUT2D eigenvalue weighted by Crippen LogP contribution is -2.24. The lowest BCUT2D eigenvalue weighted by Gasteiger charge is -2.03. The number of benzene rings is 1. The molecular formula is C15H18N2OS. The van der Waals surface area contributed by atoms with E-state index in [9.17, 15) is 4.79 Å². The predicted octanol–water partition coefficient (Wildman–Crippen LogP) is 3.11. The van der Waals surface area contributed by atoms with Crippen LogP contribution in [0.25, 0.3) is 11.3 Å². The normalized spacial score (nSPS) is 10.5. The molecule has 0 unspecified atom stereocenters. The molecule has 4 heteroatoms. The summed E-state index contributed by atoms with van der Waals surface area (Å²) in [5.74, 6) is 0.0551. The zero-order chi connectivity index (χ0) is 13.8. The molecule has 0 fully saturated rings. The number of amides is 1. The Morgan fingerprint density at radius 3 is 2.58 bits per heavy atom. The number of aromatic nitrogens is 1. The van der Waals surface area contributed by atoms with Crippen LogP contribution in [0, 0.1) is 13.8 Å². The Morgan fingerprint density at radius 1 is 1.26 bits per heavy atom. The number of hydrogen-bond acceptors (Lipinski definition) is 3. The maximum atomic E-state index is 11.7. The Morgan fingerprint density at radius 2 is 1.95 bits per heavy atom. The summed E-state index contributed by atoms with van der Waals surface area (Å²) in [4.78, 5) is 17.3. The molecule has 2 rings (SSSR count). The third kappa shape index (κ3) is 3.41. The summed E-state index contributed by atoms with van der Waals surface area (Å²) in [5.41, 5.74) is 3.24. The number of likely N-dealkylation sites (N-methyl/N-ethyl adjacent to an activating group) is 1. The minimum Gasteiger partial charge on any atom is -0.356 e. The fraction of sp³-hybridized carbons (Fsp3) is 0.333. The van der Waals surface area contributed by atoms with Gasteiger partial charge in [0.1, 0.15) is 0 Å². The molecule has 0 aliphatic rings. The van der Waals surface area contributed by atoms with E-state index in [0.717, 1.165) is 21.1 Å². The molecule has 0 radical (unpaired) electrons. The fourth-order valence-electron chi connectivity index (χ4n) is 1.93. The zero-order valence-electron chi connectivity index (χ0n) is 11.5. The van der Waals surface area contributed by atoms with Crippen LogP contribution in [0.1, 0.15) is 22.4 Å². The minimum atomic E-state index is 0.0551. The maximum absolute atomic E-state index is 11.7. The molecule has 1 heterocycles. The van der Waals surface area contributed by atoms with E-state index < -0.39 is 0 Å². The summed E-state index contributed by atoms with van der Waals surface area (Å²) in [7, 11) is 0. The quantitative estimate of drug-likeness (QED) is 0.931. The predicted molar refractivity (Wildman–Crippen MR) is 79.4 cm³/mol. The van der Waals surface area contributed by atoms with Gasteiger partial charge in [-0.15, -0.1) is 11.3 Å². The molecule has 19 heavy (non-hydrogen) atoms. The number of rotatable bonds is 4. The Labute approximate surface area is 117 Å². The monoisotopic (exact) mass is 274 g/mol. The van der Waals surface area contributed by atoms with Crippen molar-refractivity contribution in [1.29, 1.82) is 0 Å². The maximum Gasteiger partial charge on any atom is 0.225 e. The molecule has 1 N–H and O–H groups in total. The van der Waals surface area contributed by atoms with Gasteiger partial charge in [-0.1, -0.05) is 29.8 Å². The van der Waals surface area contributed by atoms with Gasteiger partial charge in [0, 0.05) is 17.0 Å². The highest BCUT2D eigenvalue weighted by atomic mass is 32.1. The van der Waals surface area contributed by atoms with Gasteiger partial charge in [-0.3, -0.25) is 4.79 Å². The van der Waals surface area contributed by atoms with Crippen molar-refractivity contribution in [2.24, 2.45) is 0 Å². The second-order valence-electron chi connectivity index (χ2n) is 4.50. The van der Waals surface area contributed by atoms with Crippen LogP contribution in [0.2, 0.25) is 0 Å². The van der Waals surface area contributed by atoms with Gasteiger partial charge in [-0.05, 0) is 20.8 Å². The summed E-state index contributed by atoms with van der Waals surface area (Å²) in [6.45, 7) is 6.63. The number of hydrogen-bond donors (Lipinski definition) is 1. The number of aryl methyl sites for hydroxylation is 2. The van der Waals surface area contributed by atoms with Crippen LogP contribution in [0.4, 0.5) is 0 Å². The first kappa shape index (κ1) is 13.7. The molecule has 3 nitrogen and oxygen atoms in total. The van der Waals surface area contributed by atoms with E-state index in [0.29, 0.717) is 13.0 Å². The van der Waals surface area contributed by atoms with Crippen LogP contribution in [0.3, 0.4) is 0 Å². The average molecular weight is 274 g/mol. The molecule has 0 saturated carbocycles. The van der Waals surface area contributed by atoms with Crippen molar-refractivity contribution in [1.82, 2.24) is 10.3 Å². The third-order valence-corrected chi connectivity index (χ3v) is 3.80. The summed E-state index contributed by atoms with van der Waals surface area (Å²) in [6, 6.07) is 8.26. The Kier molecular flexibility index (Phi) is 4.32. The van der Waals surface area contributed by atoms with Gasteiger partial charge in [0.25, 0.3) is 0 Å². The Balaban J connectivity index is 2.30. The van der Waals surface area contributed by atoms with Gasteiger partial charge in [-0.2, -0.15) is 0 Å². The molecule has 1 amide bonds. The largest absolute Gasteiger partial charge is 0.356 e. The first-order chi connectivity index (χ1) is 9.10. The van der Waals surface area contributed by atoms with Gasteiger partial charge >= 0.3 is 0 Å². The van der Waals surface area contributed by atoms with Crippen LogP contribution < -0.4 is 5.32 Å². The molecule has 100 valence electrons. The summed E-state index contributed by atoms with van der Waals surface area (Å²) in [6.07, 6.45) is 0.405. The molecule has 1 aromatic carbocycles. The second-order valence-corrected chi connectivity index (χ2v) is 5.79. The SMILES string of the molecule is CCNC(=O)Cc1sc(C)nc1-c1ccc(C)cc1. The first-order valence-corrected chi connectivity index (χ1v) is 7.22. The van der Waals surface area contributed by atoms with E-state index in [1.807, 2.05) is 13.8 Å². The minimum absolute atomic E-state index is 0.0551. The van der Waals surface area contributed by atoms with Crippen molar-refractivity contribution in [3.63, 3.8) is 0 Å². The van der Waals surface area contributed by atoms with Crippen molar-refractivity contribution in [3.05, 3.63) is 39.7 Å². The van der Waals surface area contributed by atoms with Crippen LogP contribution >= 0.6 is 11.3 Å². The van der Waals surface area contributed by atoms with E-state index in [2.05, 4.69) is 41.5 Å². The molecule has 1 aromatic heterocycles. The standard InChI is InChI=1S/C15H18N2OS/c1-4-16-14(18)9-13-15(17-11(3)19-13)12-7-5-10(2)6-8-12/h5-8H,4,9H2,1-3H3,(H,16,18). The first-order valence-electron chi connectivity index (χ1n) is 6.40. The van der Waals surface area contributed by atoms with Crippen molar-refractivity contribution >= 4 is 17.2 Å². The second kappa shape index (κ2) is 5.97. The molecule has 0 atom stereocenters. The zero-order valence-corrected chi connectivity index (χ0v) is 12.3. The summed E-state index contributed by atoms with van der Waals surface area (Å²) >= 11 is 1.60. The lowest BCUT2D eigenvalue weighted by molar-refractivity contribution is -0.120. The van der Waals surface area contributed by atoms with Crippen LogP contribution in [-0.2, 0) is 11.2 Å². The van der Waals surface area contributed by atoms with E-state index >= 15 is 0 Å². The Hall–Kier alpha value is -1.68. The fourth-order valence-corrected chi connectivity index (χ4v) is 2.89. The van der Waals surface area contributed by atoms with E-state index in [1.54, 1.807) is 11.3 Å². The van der Waals surface area contributed by atoms with Gasteiger partial charge in [0.2, 0.25) is 5.91 Å². The van der Waals surface area contributed by atoms with Crippen molar-refractivity contribution in [3.8, 4) is 11.3 Å². The van der Waals surface area contributed by atoms with Gasteiger partial charge in [0.15, 0.2) is 0 Å². The summed E-state index contributed by atoms with van der Waals surface area (Å²) in [5, 5.41) is 3.83. The van der Waals surface area contributed by atoms with Crippen LogP contribution in [0.15, 0.2) is 24.3 Å². The van der Waals surface area contributed by atoms with Crippen molar-refractivity contribution in [2.45, 2.75) is 27.2 Å².